The SMILES string of the molecule is CN=C(NCCOc1ccccc1C)NCc1ccc(OC)cc1OC.I. The second kappa shape index (κ2) is 12.3. The van der Waals surface area contributed by atoms with E-state index in [2.05, 4.69) is 15.6 Å². The molecule has 0 spiro atoms. The Morgan fingerprint density at radius 1 is 1.00 bits per heavy atom. The molecule has 0 aliphatic rings. The Balaban J connectivity index is 0.00000364. The zero-order valence-corrected chi connectivity index (χ0v) is 18.6. The number of methoxy groups -OCH3 is 2. The van der Waals surface area contributed by atoms with E-state index in [-0.39, 0.29) is 24.0 Å². The predicted octanol–water partition coefficient (Wildman–Crippen LogP) is 3.37. The lowest BCUT2D eigenvalue weighted by Crippen LogP contribution is -2.38. The maximum absolute atomic E-state index is 5.78. The van der Waals surface area contributed by atoms with E-state index in [1.54, 1.807) is 21.3 Å². The fourth-order valence-electron chi connectivity index (χ4n) is 2.45. The van der Waals surface area contributed by atoms with Gasteiger partial charge in [-0.1, -0.05) is 18.2 Å². The van der Waals surface area contributed by atoms with Crippen molar-refractivity contribution in [3.05, 3.63) is 53.6 Å². The van der Waals surface area contributed by atoms with Crippen molar-refractivity contribution in [2.24, 2.45) is 4.99 Å². The van der Waals surface area contributed by atoms with E-state index in [1.165, 1.54) is 0 Å². The number of benzene rings is 2. The highest BCUT2D eigenvalue weighted by Crippen LogP contribution is 2.24. The number of aryl methyl sites for hydroxylation is 1. The van der Waals surface area contributed by atoms with Crippen LogP contribution in [0.25, 0.3) is 0 Å². The minimum Gasteiger partial charge on any atom is -0.497 e. The minimum absolute atomic E-state index is 0. The third-order valence-corrected chi connectivity index (χ3v) is 3.91. The molecule has 0 saturated heterocycles. The number of nitrogens with one attached hydrogen (secondary N) is 2. The molecule has 0 fully saturated rings. The fourth-order valence-corrected chi connectivity index (χ4v) is 2.45. The van der Waals surface area contributed by atoms with Crippen LogP contribution in [0.3, 0.4) is 0 Å². The summed E-state index contributed by atoms with van der Waals surface area (Å²) in [4.78, 5) is 4.23. The highest BCUT2D eigenvalue weighted by Gasteiger charge is 2.06. The van der Waals surface area contributed by atoms with E-state index in [9.17, 15) is 0 Å². The summed E-state index contributed by atoms with van der Waals surface area (Å²) in [6, 6.07) is 13.7. The molecule has 148 valence electrons. The molecular formula is C20H28IN3O3. The normalized spacial score (nSPS) is 10.6. The Hall–Kier alpha value is -2.16. The number of guanidine groups is 1. The predicted molar refractivity (Wildman–Crippen MR) is 120 cm³/mol. The van der Waals surface area contributed by atoms with E-state index in [0.29, 0.717) is 25.7 Å². The fraction of sp³-hybridized carbons (Fsp3) is 0.350. The molecule has 0 saturated carbocycles. The average Bonchev–Trinajstić information content (AvgIpc) is 2.68. The van der Waals surface area contributed by atoms with Gasteiger partial charge in [0.25, 0.3) is 0 Å². The average molecular weight is 485 g/mol. The summed E-state index contributed by atoms with van der Waals surface area (Å²) in [7, 11) is 5.02. The first kappa shape index (κ1) is 22.9. The summed E-state index contributed by atoms with van der Waals surface area (Å²) in [5, 5.41) is 6.51. The molecule has 2 N–H and O–H groups in total. The minimum atomic E-state index is 0. The third kappa shape index (κ3) is 7.16. The maximum atomic E-state index is 5.78. The molecule has 0 aliphatic carbocycles. The molecule has 0 radical (unpaired) electrons. The molecule has 2 rings (SSSR count). The zero-order valence-electron chi connectivity index (χ0n) is 16.2. The standard InChI is InChI=1S/C20H27N3O3.HI/c1-15-7-5-6-8-18(15)26-12-11-22-20(21-2)23-14-16-9-10-17(24-3)13-19(16)25-4;/h5-10,13H,11-12,14H2,1-4H3,(H2,21,22,23);1H. The summed E-state index contributed by atoms with van der Waals surface area (Å²) in [6.07, 6.45) is 0. The van der Waals surface area contributed by atoms with Crippen LogP contribution in [0.5, 0.6) is 17.2 Å². The van der Waals surface area contributed by atoms with Crippen molar-refractivity contribution >= 4 is 29.9 Å². The van der Waals surface area contributed by atoms with Crippen molar-refractivity contribution < 1.29 is 14.2 Å². The topological polar surface area (TPSA) is 64.1 Å². The van der Waals surface area contributed by atoms with Crippen LogP contribution in [0.4, 0.5) is 0 Å². The monoisotopic (exact) mass is 485 g/mol. The number of rotatable bonds is 8. The van der Waals surface area contributed by atoms with Crippen LogP contribution in [-0.2, 0) is 6.54 Å². The molecule has 27 heavy (non-hydrogen) atoms. The van der Waals surface area contributed by atoms with Gasteiger partial charge in [-0.05, 0) is 30.7 Å². The number of para-hydroxylation sites is 1. The lowest BCUT2D eigenvalue weighted by atomic mass is 10.2. The number of ether oxygens (including phenoxy) is 3. The number of halogens is 1. The Morgan fingerprint density at radius 3 is 2.44 bits per heavy atom. The lowest BCUT2D eigenvalue weighted by Gasteiger charge is -2.15. The van der Waals surface area contributed by atoms with E-state index in [4.69, 9.17) is 14.2 Å². The van der Waals surface area contributed by atoms with Crippen LogP contribution in [0.1, 0.15) is 11.1 Å². The first-order chi connectivity index (χ1) is 12.7. The molecule has 6 nitrogen and oxygen atoms in total. The molecule has 2 aromatic rings. The summed E-state index contributed by atoms with van der Waals surface area (Å²) >= 11 is 0. The van der Waals surface area contributed by atoms with Crippen LogP contribution in [0.2, 0.25) is 0 Å². The van der Waals surface area contributed by atoms with Crippen LogP contribution in [0, 0.1) is 6.92 Å². The summed E-state index contributed by atoms with van der Waals surface area (Å²) in [6.45, 7) is 3.82. The lowest BCUT2D eigenvalue weighted by molar-refractivity contribution is 0.320. The van der Waals surface area contributed by atoms with Gasteiger partial charge in [0.1, 0.15) is 23.9 Å². The number of nitrogens with zero attached hydrogens (tertiary/aromatic N) is 1. The molecule has 2 aromatic carbocycles. The van der Waals surface area contributed by atoms with Crippen molar-refractivity contribution in [1.29, 1.82) is 0 Å². The highest BCUT2D eigenvalue weighted by atomic mass is 127. The molecule has 0 heterocycles. The molecule has 0 aromatic heterocycles. The number of hydrogen-bond donors (Lipinski definition) is 2. The number of aliphatic imine (C=N–C) groups is 1. The highest BCUT2D eigenvalue weighted by molar-refractivity contribution is 14.0. The third-order valence-electron chi connectivity index (χ3n) is 3.91. The van der Waals surface area contributed by atoms with Crippen LogP contribution < -0.4 is 24.8 Å². The first-order valence-corrected chi connectivity index (χ1v) is 8.51. The molecular weight excluding hydrogens is 457 g/mol. The van der Waals surface area contributed by atoms with Crippen molar-refractivity contribution in [3.63, 3.8) is 0 Å². The van der Waals surface area contributed by atoms with Crippen LogP contribution in [0.15, 0.2) is 47.5 Å². The van der Waals surface area contributed by atoms with Crippen molar-refractivity contribution in [1.82, 2.24) is 10.6 Å². The van der Waals surface area contributed by atoms with E-state index in [1.807, 2.05) is 49.4 Å². The van der Waals surface area contributed by atoms with Gasteiger partial charge in [0.2, 0.25) is 0 Å². The van der Waals surface area contributed by atoms with Gasteiger partial charge in [-0.15, -0.1) is 24.0 Å². The van der Waals surface area contributed by atoms with Crippen molar-refractivity contribution in [2.45, 2.75) is 13.5 Å². The second-order valence-electron chi connectivity index (χ2n) is 5.64. The van der Waals surface area contributed by atoms with Crippen molar-refractivity contribution in [3.8, 4) is 17.2 Å². The van der Waals surface area contributed by atoms with Crippen LogP contribution >= 0.6 is 24.0 Å². The summed E-state index contributed by atoms with van der Waals surface area (Å²) in [5.41, 5.74) is 2.15. The van der Waals surface area contributed by atoms with Gasteiger partial charge >= 0.3 is 0 Å². The maximum Gasteiger partial charge on any atom is 0.191 e. The van der Waals surface area contributed by atoms with E-state index >= 15 is 0 Å². The van der Waals surface area contributed by atoms with Gasteiger partial charge in [0.15, 0.2) is 5.96 Å². The second-order valence-corrected chi connectivity index (χ2v) is 5.64. The molecule has 0 bridgehead atoms. The molecule has 0 unspecified atom stereocenters. The Kier molecular flexibility index (Phi) is 10.4. The van der Waals surface area contributed by atoms with Gasteiger partial charge in [-0.25, -0.2) is 0 Å². The van der Waals surface area contributed by atoms with Gasteiger partial charge in [0, 0.05) is 25.2 Å². The molecule has 0 aliphatic heterocycles. The van der Waals surface area contributed by atoms with Gasteiger partial charge in [-0.3, -0.25) is 4.99 Å². The van der Waals surface area contributed by atoms with Crippen molar-refractivity contribution in [2.75, 3.05) is 34.4 Å². The molecule has 0 amide bonds. The van der Waals surface area contributed by atoms with Gasteiger partial charge in [0.05, 0.1) is 20.8 Å². The summed E-state index contributed by atoms with van der Waals surface area (Å²) in [5.74, 6) is 3.15. The van der Waals surface area contributed by atoms with E-state index < -0.39 is 0 Å². The van der Waals surface area contributed by atoms with Crippen LogP contribution in [-0.4, -0.2) is 40.4 Å². The Labute approximate surface area is 178 Å². The Bertz CT molecular complexity index is 738. The molecule has 7 heteroatoms. The number of hydrogen-bond acceptors (Lipinski definition) is 4. The smallest absolute Gasteiger partial charge is 0.191 e. The van der Waals surface area contributed by atoms with E-state index in [0.717, 1.165) is 28.4 Å². The van der Waals surface area contributed by atoms with Gasteiger partial charge in [-0.2, -0.15) is 0 Å². The largest absolute Gasteiger partial charge is 0.497 e. The zero-order chi connectivity index (χ0) is 18.8. The molecule has 0 atom stereocenters. The first-order valence-electron chi connectivity index (χ1n) is 8.51. The Morgan fingerprint density at radius 2 is 1.78 bits per heavy atom. The van der Waals surface area contributed by atoms with Gasteiger partial charge < -0.3 is 24.8 Å². The quantitative estimate of drug-likeness (QED) is 0.260. The summed E-state index contributed by atoms with van der Waals surface area (Å²) < 4.78 is 16.4.